The summed E-state index contributed by atoms with van der Waals surface area (Å²) in [7, 11) is 0. The van der Waals surface area contributed by atoms with Gasteiger partial charge in [-0.25, -0.2) is 0 Å². The lowest BCUT2D eigenvalue weighted by Crippen LogP contribution is -2.02. The van der Waals surface area contributed by atoms with Gasteiger partial charge in [0.15, 0.2) is 0 Å². The standard InChI is InChI=1S/C15H15ClN4/c1-9-13(10(2)20-19-9)8-18-14-7-12(16)6-11-4-3-5-17-15(11)14/h3-7,18H,8H2,1-2H3,(H,19,20). The van der Waals surface area contributed by atoms with E-state index in [4.69, 9.17) is 11.6 Å². The van der Waals surface area contributed by atoms with Crippen molar-refractivity contribution in [3.63, 3.8) is 0 Å². The number of anilines is 1. The van der Waals surface area contributed by atoms with Crippen molar-refractivity contribution in [3.05, 3.63) is 52.4 Å². The second-order valence-electron chi connectivity index (χ2n) is 4.79. The maximum absolute atomic E-state index is 6.16. The van der Waals surface area contributed by atoms with Gasteiger partial charge in [0.2, 0.25) is 0 Å². The van der Waals surface area contributed by atoms with E-state index in [1.165, 1.54) is 5.56 Å². The second-order valence-corrected chi connectivity index (χ2v) is 5.23. The number of H-pyrrole nitrogens is 1. The average Bonchev–Trinajstić information content (AvgIpc) is 2.75. The lowest BCUT2D eigenvalue weighted by Gasteiger charge is -2.10. The Labute approximate surface area is 122 Å². The van der Waals surface area contributed by atoms with Gasteiger partial charge >= 0.3 is 0 Å². The molecule has 5 heteroatoms. The molecule has 0 bridgehead atoms. The first-order valence-electron chi connectivity index (χ1n) is 6.44. The third-order valence-electron chi connectivity index (χ3n) is 3.41. The van der Waals surface area contributed by atoms with Crippen LogP contribution in [0.25, 0.3) is 10.9 Å². The van der Waals surface area contributed by atoms with Crippen molar-refractivity contribution in [1.82, 2.24) is 15.2 Å². The zero-order valence-corrected chi connectivity index (χ0v) is 12.1. The van der Waals surface area contributed by atoms with Gasteiger partial charge in [-0.2, -0.15) is 5.10 Å². The quantitative estimate of drug-likeness (QED) is 0.769. The zero-order chi connectivity index (χ0) is 14.1. The zero-order valence-electron chi connectivity index (χ0n) is 11.4. The molecule has 0 fully saturated rings. The van der Waals surface area contributed by atoms with Gasteiger partial charge in [-0.3, -0.25) is 10.1 Å². The monoisotopic (exact) mass is 286 g/mol. The minimum Gasteiger partial charge on any atom is -0.379 e. The lowest BCUT2D eigenvalue weighted by molar-refractivity contribution is 1.02. The third-order valence-corrected chi connectivity index (χ3v) is 3.62. The van der Waals surface area contributed by atoms with Gasteiger partial charge in [0.1, 0.15) is 0 Å². The highest BCUT2D eigenvalue weighted by atomic mass is 35.5. The Hall–Kier alpha value is -2.07. The van der Waals surface area contributed by atoms with Crippen LogP contribution in [-0.2, 0) is 6.54 Å². The number of pyridine rings is 1. The molecule has 3 rings (SSSR count). The van der Waals surface area contributed by atoms with Crippen LogP contribution in [-0.4, -0.2) is 15.2 Å². The average molecular weight is 287 g/mol. The van der Waals surface area contributed by atoms with Crippen LogP contribution in [0.5, 0.6) is 0 Å². The first-order valence-corrected chi connectivity index (χ1v) is 6.81. The Morgan fingerprint density at radius 3 is 2.90 bits per heavy atom. The van der Waals surface area contributed by atoms with Crippen LogP contribution in [0.2, 0.25) is 5.02 Å². The maximum Gasteiger partial charge on any atom is 0.0934 e. The number of hydrogen-bond donors (Lipinski definition) is 2. The van der Waals surface area contributed by atoms with Gasteiger partial charge in [-0.1, -0.05) is 17.7 Å². The highest BCUT2D eigenvalue weighted by Crippen LogP contribution is 2.27. The highest BCUT2D eigenvalue weighted by Gasteiger charge is 2.08. The summed E-state index contributed by atoms with van der Waals surface area (Å²) in [6.07, 6.45) is 1.79. The van der Waals surface area contributed by atoms with Crippen molar-refractivity contribution in [1.29, 1.82) is 0 Å². The van der Waals surface area contributed by atoms with Crippen LogP contribution >= 0.6 is 11.6 Å². The minimum absolute atomic E-state index is 0.695. The molecule has 0 aliphatic heterocycles. The number of aromatic nitrogens is 3. The summed E-state index contributed by atoms with van der Waals surface area (Å²) in [4.78, 5) is 4.42. The van der Waals surface area contributed by atoms with E-state index in [-0.39, 0.29) is 0 Å². The van der Waals surface area contributed by atoms with E-state index < -0.39 is 0 Å². The number of nitrogens with zero attached hydrogens (tertiary/aromatic N) is 2. The van der Waals surface area contributed by atoms with Crippen molar-refractivity contribution in [2.24, 2.45) is 0 Å². The van der Waals surface area contributed by atoms with Crippen molar-refractivity contribution >= 4 is 28.2 Å². The predicted octanol–water partition coefficient (Wildman–Crippen LogP) is 3.84. The molecule has 0 unspecified atom stereocenters. The largest absolute Gasteiger partial charge is 0.379 e. The van der Waals surface area contributed by atoms with Crippen LogP contribution in [0, 0.1) is 13.8 Å². The number of hydrogen-bond acceptors (Lipinski definition) is 3. The molecule has 0 spiro atoms. The summed E-state index contributed by atoms with van der Waals surface area (Å²) in [6, 6.07) is 7.74. The Balaban J connectivity index is 1.95. The Morgan fingerprint density at radius 2 is 2.15 bits per heavy atom. The molecule has 0 aliphatic carbocycles. The van der Waals surface area contributed by atoms with Crippen LogP contribution in [0.15, 0.2) is 30.5 Å². The van der Waals surface area contributed by atoms with Gasteiger partial charge in [0.05, 0.1) is 16.9 Å². The molecule has 0 amide bonds. The van der Waals surface area contributed by atoms with Gasteiger partial charge in [0, 0.05) is 34.4 Å². The minimum atomic E-state index is 0.695. The molecule has 2 N–H and O–H groups in total. The van der Waals surface area contributed by atoms with Gasteiger partial charge < -0.3 is 5.32 Å². The summed E-state index contributed by atoms with van der Waals surface area (Å²) in [5.41, 5.74) is 5.13. The smallest absolute Gasteiger partial charge is 0.0934 e. The third kappa shape index (κ3) is 2.34. The van der Waals surface area contributed by atoms with Crippen molar-refractivity contribution in [3.8, 4) is 0 Å². The van der Waals surface area contributed by atoms with E-state index in [0.29, 0.717) is 11.6 Å². The molecule has 102 valence electrons. The van der Waals surface area contributed by atoms with Crippen LogP contribution in [0.1, 0.15) is 17.0 Å². The molecule has 2 heterocycles. The summed E-state index contributed by atoms with van der Waals surface area (Å²) >= 11 is 6.16. The SMILES string of the molecule is Cc1n[nH]c(C)c1CNc1cc(Cl)cc2cccnc12. The van der Waals surface area contributed by atoms with Gasteiger partial charge in [-0.05, 0) is 32.0 Å². The summed E-state index contributed by atoms with van der Waals surface area (Å²) < 4.78 is 0. The molecule has 0 saturated carbocycles. The van der Waals surface area contributed by atoms with E-state index in [2.05, 4.69) is 20.5 Å². The number of nitrogens with one attached hydrogen (secondary N) is 2. The Kier molecular flexibility index (Phi) is 3.32. The van der Waals surface area contributed by atoms with E-state index >= 15 is 0 Å². The molecule has 0 aliphatic rings. The molecule has 20 heavy (non-hydrogen) atoms. The fourth-order valence-corrected chi connectivity index (χ4v) is 2.54. The number of fused-ring (bicyclic) bond motifs is 1. The van der Waals surface area contributed by atoms with E-state index in [9.17, 15) is 0 Å². The Bertz CT molecular complexity index is 744. The second kappa shape index (κ2) is 5.13. The summed E-state index contributed by atoms with van der Waals surface area (Å²) in [6.45, 7) is 4.71. The van der Waals surface area contributed by atoms with Crippen LogP contribution < -0.4 is 5.32 Å². The molecule has 4 nitrogen and oxygen atoms in total. The summed E-state index contributed by atoms with van der Waals surface area (Å²) in [5.74, 6) is 0. The fraction of sp³-hybridized carbons (Fsp3) is 0.200. The molecular formula is C15H15ClN4. The van der Waals surface area contributed by atoms with Crippen molar-refractivity contribution in [2.75, 3.05) is 5.32 Å². The van der Waals surface area contributed by atoms with Crippen molar-refractivity contribution in [2.45, 2.75) is 20.4 Å². The number of rotatable bonds is 3. The normalized spacial score (nSPS) is 10.9. The van der Waals surface area contributed by atoms with Gasteiger partial charge in [-0.15, -0.1) is 0 Å². The first kappa shape index (κ1) is 12.9. The predicted molar refractivity (Wildman–Crippen MR) is 82.1 cm³/mol. The molecule has 0 radical (unpaired) electrons. The lowest BCUT2D eigenvalue weighted by atomic mass is 10.1. The number of aryl methyl sites for hydroxylation is 2. The summed E-state index contributed by atoms with van der Waals surface area (Å²) in [5, 5.41) is 12.3. The molecule has 3 aromatic rings. The molecule has 2 aromatic heterocycles. The molecule has 1 aromatic carbocycles. The van der Waals surface area contributed by atoms with E-state index in [1.54, 1.807) is 6.20 Å². The highest BCUT2D eigenvalue weighted by molar-refractivity contribution is 6.31. The van der Waals surface area contributed by atoms with Crippen LogP contribution in [0.3, 0.4) is 0 Å². The topological polar surface area (TPSA) is 53.6 Å². The number of halogens is 1. The maximum atomic E-state index is 6.16. The van der Waals surface area contributed by atoms with E-state index in [1.807, 2.05) is 38.1 Å². The van der Waals surface area contributed by atoms with Gasteiger partial charge in [0.25, 0.3) is 0 Å². The Morgan fingerprint density at radius 1 is 1.30 bits per heavy atom. The molecule has 0 saturated heterocycles. The number of benzene rings is 1. The van der Waals surface area contributed by atoms with Crippen LogP contribution in [0.4, 0.5) is 5.69 Å². The molecule has 0 atom stereocenters. The molecular weight excluding hydrogens is 272 g/mol. The number of aromatic amines is 1. The first-order chi connectivity index (χ1) is 9.65. The fourth-order valence-electron chi connectivity index (χ4n) is 2.31. The van der Waals surface area contributed by atoms with E-state index in [0.717, 1.165) is 28.0 Å². The van der Waals surface area contributed by atoms with Crippen molar-refractivity contribution < 1.29 is 0 Å².